The van der Waals surface area contributed by atoms with Gasteiger partial charge >= 0.3 is 0 Å². The zero-order chi connectivity index (χ0) is 34.3. The topological polar surface area (TPSA) is 190 Å². The number of aryl methyl sites for hydroxylation is 1. The minimum Gasteiger partial charge on any atom is -0.493 e. The average Bonchev–Trinajstić information content (AvgIpc) is 3.05. The molecule has 2 aromatic carbocycles. The normalized spacial score (nSPS) is 21.4. The predicted octanol–water partition coefficient (Wildman–Crippen LogP) is 0.733. The van der Waals surface area contributed by atoms with Crippen LogP contribution in [0.5, 0.6) is 11.5 Å². The standard InChI is InChI=1S/C34H48N6O7/c1-21(2)30-34(45)37-17-8-12-24-14-15-27(46-4)28(19-24)47-20-29(41)36-16-9-13-25(38-31(42)22(3)35)32(43)39-26(33(44)40-30)18-23-10-6-5-7-11-23/h5-7,10-11,14-15,19,21-22,25-26,30H,8-9,12-13,16-18,20,35H2,1-4H3,(H,36,41)(H,37,45)(H,38,42)(H,39,43)(H,40,44)/t22-,25+,26+,30-/m1/s1. The zero-order valence-corrected chi connectivity index (χ0v) is 27.6. The van der Waals surface area contributed by atoms with Gasteiger partial charge in [-0.25, -0.2) is 0 Å². The lowest BCUT2D eigenvalue weighted by Gasteiger charge is -2.27. The van der Waals surface area contributed by atoms with Crippen LogP contribution in [0.2, 0.25) is 0 Å². The third-order valence-electron chi connectivity index (χ3n) is 7.73. The van der Waals surface area contributed by atoms with E-state index < -0.39 is 41.9 Å². The minimum atomic E-state index is -1.05. The van der Waals surface area contributed by atoms with Crippen molar-refractivity contribution in [2.75, 3.05) is 26.8 Å². The average molecular weight is 653 g/mol. The van der Waals surface area contributed by atoms with Gasteiger partial charge in [0.2, 0.25) is 23.6 Å². The second-order valence-corrected chi connectivity index (χ2v) is 12.0. The molecule has 2 aromatic rings. The van der Waals surface area contributed by atoms with Crippen molar-refractivity contribution in [3.05, 3.63) is 59.7 Å². The van der Waals surface area contributed by atoms with Gasteiger partial charge in [0, 0.05) is 19.5 Å². The molecule has 13 nitrogen and oxygen atoms in total. The van der Waals surface area contributed by atoms with Crippen LogP contribution in [0.25, 0.3) is 0 Å². The van der Waals surface area contributed by atoms with Crippen LogP contribution in [0.3, 0.4) is 0 Å². The first-order chi connectivity index (χ1) is 22.5. The Kier molecular flexibility index (Phi) is 14.5. The molecule has 256 valence electrons. The molecule has 1 aliphatic heterocycles. The summed E-state index contributed by atoms with van der Waals surface area (Å²) >= 11 is 0. The number of nitrogens with one attached hydrogen (secondary N) is 5. The molecule has 47 heavy (non-hydrogen) atoms. The molecule has 3 rings (SSSR count). The van der Waals surface area contributed by atoms with Crippen molar-refractivity contribution < 1.29 is 33.4 Å². The lowest BCUT2D eigenvalue weighted by atomic mass is 10.00. The van der Waals surface area contributed by atoms with Crippen molar-refractivity contribution in [1.29, 1.82) is 0 Å². The number of ether oxygens (including phenoxy) is 2. The third-order valence-corrected chi connectivity index (χ3v) is 7.73. The van der Waals surface area contributed by atoms with Gasteiger partial charge in [-0.1, -0.05) is 50.2 Å². The van der Waals surface area contributed by atoms with Gasteiger partial charge in [-0.05, 0) is 61.8 Å². The van der Waals surface area contributed by atoms with Crippen LogP contribution >= 0.6 is 0 Å². The van der Waals surface area contributed by atoms with Crippen LogP contribution in [0.15, 0.2) is 48.5 Å². The minimum absolute atomic E-state index is 0.151. The highest BCUT2D eigenvalue weighted by molar-refractivity contribution is 5.95. The summed E-state index contributed by atoms with van der Waals surface area (Å²) in [6, 6.07) is 10.8. The van der Waals surface area contributed by atoms with E-state index in [1.807, 2.05) is 50.2 Å². The van der Waals surface area contributed by atoms with E-state index in [0.29, 0.717) is 37.3 Å². The number of hydrogen-bond acceptors (Lipinski definition) is 8. The number of carbonyl (C=O) groups excluding carboxylic acids is 5. The Bertz CT molecular complexity index is 1370. The first-order valence-corrected chi connectivity index (χ1v) is 16.0. The van der Waals surface area contributed by atoms with E-state index in [1.165, 1.54) is 14.0 Å². The maximum atomic E-state index is 13.7. The number of nitrogens with two attached hydrogens (primary N) is 1. The van der Waals surface area contributed by atoms with Crippen LogP contribution in [-0.4, -0.2) is 80.5 Å². The maximum Gasteiger partial charge on any atom is 0.257 e. The number of rotatable bonds is 6. The molecule has 0 radical (unpaired) electrons. The highest BCUT2D eigenvalue weighted by Gasteiger charge is 2.31. The van der Waals surface area contributed by atoms with Crippen molar-refractivity contribution in [1.82, 2.24) is 26.6 Å². The Morgan fingerprint density at radius 3 is 2.36 bits per heavy atom. The molecule has 13 heteroatoms. The van der Waals surface area contributed by atoms with Crippen molar-refractivity contribution in [2.24, 2.45) is 11.7 Å². The zero-order valence-electron chi connectivity index (χ0n) is 27.6. The van der Waals surface area contributed by atoms with Crippen molar-refractivity contribution in [3.63, 3.8) is 0 Å². The lowest BCUT2D eigenvalue weighted by molar-refractivity contribution is -0.134. The van der Waals surface area contributed by atoms with Gasteiger partial charge < -0.3 is 41.8 Å². The van der Waals surface area contributed by atoms with E-state index >= 15 is 0 Å². The molecule has 0 saturated heterocycles. The molecular weight excluding hydrogens is 604 g/mol. The molecule has 1 aliphatic rings. The van der Waals surface area contributed by atoms with E-state index in [9.17, 15) is 24.0 Å². The Morgan fingerprint density at radius 1 is 0.957 bits per heavy atom. The molecule has 5 amide bonds. The van der Waals surface area contributed by atoms with Crippen LogP contribution in [0.1, 0.15) is 51.2 Å². The summed E-state index contributed by atoms with van der Waals surface area (Å²) < 4.78 is 11.1. The molecular formula is C34H48N6O7. The van der Waals surface area contributed by atoms with Gasteiger partial charge in [-0.15, -0.1) is 0 Å². The summed E-state index contributed by atoms with van der Waals surface area (Å²) in [5.41, 5.74) is 7.49. The van der Waals surface area contributed by atoms with Gasteiger partial charge in [0.25, 0.3) is 5.91 Å². The smallest absolute Gasteiger partial charge is 0.257 e. The quantitative estimate of drug-likeness (QED) is 0.263. The molecule has 0 fully saturated rings. The van der Waals surface area contributed by atoms with Crippen LogP contribution in [0, 0.1) is 5.92 Å². The molecule has 0 unspecified atom stereocenters. The molecule has 0 saturated carbocycles. The molecule has 4 atom stereocenters. The molecule has 1 heterocycles. The summed E-state index contributed by atoms with van der Waals surface area (Å²) in [5.74, 6) is -1.74. The number of carbonyl (C=O) groups is 5. The largest absolute Gasteiger partial charge is 0.493 e. The van der Waals surface area contributed by atoms with Crippen LogP contribution in [0.4, 0.5) is 0 Å². The highest BCUT2D eigenvalue weighted by Crippen LogP contribution is 2.28. The lowest BCUT2D eigenvalue weighted by Crippen LogP contribution is -2.59. The Hall–Kier alpha value is -4.65. The summed E-state index contributed by atoms with van der Waals surface area (Å²) in [4.78, 5) is 65.7. The molecule has 7 N–H and O–H groups in total. The van der Waals surface area contributed by atoms with E-state index in [4.69, 9.17) is 15.2 Å². The fraction of sp³-hybridized carbons (Fsp3) is 0.500. The SMILES string of the molecule is COc1ccc2cc1OCC(=O)NCCC[C@H](NC(=O)[C@@H](C)N)C(=O)N[C@@H](Cc1ccccc1)C(=O)N[C@H](C(C)C)C(=O)NCCC2. The second-order valence-electron chi connectivity index (χ2n) is 12.0. The summed E-state index contributed by atoms with van der Waals surface area (Å²) in [5, 5.41) is 14.0. The number of benzene rings is 2. The third kappa shape index (κ3) is 11.9. The van der Waals surface area contributed by atoms with E-state index in [1.54, 1.807) is 12.1 Å². The fourth-order valence-corrected chi connectivity index (χ4v) is 5.02. The number of hydrogen-bond donors (Lipinski definition) is 6. The number of amides is 5. The summed E-state index contributed by atoms with van der Waals surface area (Å²) in [6.07, 6.45) is 1.86. The first kappa shape index (κ1) is 36.8. The fourth-order valence-electron chi connectivity index (χ4n) is 5.02. The van der Waals surface area contributed by atoms with Gasteiger partial charge in [0.15, 0.2) is 18.1 Å². The molecule has 0 aromatic heterocycles. The first-order valence-electron chi connectivity index (χ1n) is 16.0. The monoisotopic (exact) mass is 652 g/mol. The van der Waals surface area contributed by atoms with Gasteiger partial charge in [-0.2, -0.15) is 0 Å². The second kappa shape index (κ2) is 18.5. The number of methoxy groups -OCH3 is 1. The van der Waals surface area contributed by atoms with Gasteiger partial charge in [-0.3, -0.25) is 24.0 Å². The molecule has 0 aliphatic carbocycles. The Morgan fingerprint density at radius 2 is 1.68 bits per heavy atom. The Balaban J connectivity index is 1.88. The summed E-state index contributed by atoms with van der Waals surface area (Å²) in [6.45, 7) is 5.46. The van der Waals surface area contributed by atoms with Crippen LogP contribution in [-0.2, 0) is 36.8 Å². The summed E-state index contributed by atoms with van der Waals surface area (Å²) in [7, 11) is 1.51. The van der Waals surface area contributed by atoms with Gasteiger partial charge in [0.05, 0.1) is 13.2 Å². The van der Waals surface area contributed by atoms with E-state index in [-0.39, 0.29) is 43.7 Å². The van der Waals surface area contributed by atoms with Gasteiger partial charge in [0.1, 0.15) is 18.1 Å². The molecule has 0 spiro atoms. The number of fused-ring (bicyclic) bond motifs is 2. The van der Waals surface area contributed by atoms with E-state index in [2.05, 4.69) is 26.6 Å². The highest BCUT2D eigenvalue weighted by atomic mass is 16.5. The maximum absolute atomic E-state index is 13.7. The van der Waals surface area contributed by atoms with Crippen LogP contribution < -0.4 is 41.8 Å². The van der Waals surface area contributed by atoms with Crippen molar-refractivity contribution >= 4 is 29.5 Å². The van der Waals surface area contributed by atoms with Crippen molar-refractivity contribution in [3.8, 4) is 11.5 Å². The molecule has 2 bridgehead atoms. The predicted molar refractivity (Wildman–Crippen MR) is 176 cm³/mol. The van der Waals surface area contributed by atoms with Crippen molar-refractivity contribution in [2.45, 2.75) is 77.0 Å². The van der Waals surface area contributed by atoms with E-state index in [0.717, 1.165) is 11.1 Å². The Labute approximate surface area is 276 Å².